The van der Waals surface area contributed by atoms with E-state index in [9.17, 15) is 5.11 Å². The zero-order chi connectivity index (χ0) is 13.4. The van der Waals surface area contributed by atoms with E-state index < -0.39 is 6.10 Å². The molecule has 0 aliphatic rings. The van der Waals surface area contributed by atoms with E-state index in [1.54, 1.807) is 20.3 Å². The van der Waals surface area contributed by atoms with Crippen LogP contribution in [0.25, 0.3) is 0 Å². The van der Waals surface area contributed by atoms with Crippen LogP contribution < -0.4 is 10.1 Å². The van der Waals surface area contributed by atoms with Gasteiger partial charge in [0.25, 0.3) is 0 Å². The lowest BCUT2D eigenvalue weighted by atomic mass is 10.1. The van der Waals surface area contributed by atoms with E-state index >= 15 is 0 Å². The van der Waals surface area contributed by atoms with Crippen LogP contribution in [0.15, 0.2) is 24.3 Å². The van der Waals surface area contributed by atoms with Gasteiger partial charge in [0, 0.05) is 13.7 Å². The van der Waals surface area contributed by atoms with E-state index in [2.05, 4.69) is 5.32 Å². The van der Waals surface area contributed by atoms with Crippen molar-refractivity contribution in [3.05, 3.63) is 29.8 Å². The van der Waals surface area contributed by atoms with E-state index in [1.165, 1.54) is 0 Å². The Morgan fingerprint density at radius 2 is 2.11 bits per heavy atom. The zero-order valence-corrected chi connectivity index (χ0v) is 10.8. The first kappa shape index (κ1) is 14.9. The van der Waals surface area contributed by atoms with Gasteiger partial charge >= 0.3 is 0 Å². The summed E-state index contributed by atoms with van der Waals surface area (Å²) in [6.45, 7) is 0.724. The highest BCUT2D eigenvalue weighted by Crippen LogP contribution is 2.18. The van der Waals surface area contributed by atoms with Gasteiger partial charge in [-0.1, -0.05) is 12.1 Å². The summed E-state index contributed by atoms with van der Waals surface area (Å²) in [4.78, 5) is 0. The minimum atomic E-state index is -0.647. The fraction of sp³-hybridized carbons (Fsp3) is 0.538. The molecule has 0 saturated heterocycles. The number of methoxy groups -OCH3 is 2. The number of ether oxygens (including phenoxy) is 2. The SMILES string of the molecule is COCC(CO)NCC(O)c1cccc(OC)c1. The highest BCUT2D eigenvalue weighted by atomic mass is 16.5. The number of rotatable bonds is 8. The van der Waals surface area contributed by atoms with Gasteiger partial charge in [0.2, 0.25) is 0 Å². The molecule has 2 atom stereocenters. The molecule has 0 aromatic heterocycles. The Kier molecular flexibility index (Phi) is 6.67. The third-order valence-corrected chi connectivity index (χ3v) is 2.67. The van der Waals surface area contributed by atoms with E-state index in [-0.39, 0.29) is 12.6 Å². The fourth-order valence-electron chi connectivity index (χ4n) is 1.62. The molecule has 0 spiro atoms. The summed E-state index contributed by atoms with van der Waals surface area (Å²) in [6, 6.07) is 7.10. The molecule has 0 aliphatic carbocycles. The normalized spacial score (nSPS) is 14.2. The molecule has 0 amide bonds. The molecule has 5 nitrogen and oxygen atoms in total. The minimum absolute atomic E-state index is 0.0291. The quantitative estimate of drug-likeness (QED) is 0.624. The first-order valence-corrected chi connectivity index (χ1v) is 5.86. The lowest BCUT2D eigenvalue weighted by molar-refractivity contribution is 0.111. The second-order valence-corrected chi connectivity index (χ2v) is 4.04. The molecular formula is C13H21NO4. The van der Waals surface area contributed by atoms with Crippen LogP contribution in [0.3, 0.4) is 0 Å². The van der Waals surface area contributed by atoms with Crippen LogP contribution in [0.2, 0.25) is 0 Å². The summed E-state index contributed by atoms with van der Waals surface area (Å²) in [5.41, 5.74) is 0.774. The number of benzene rings is 1. The standard InChI is InChI=1S/C13H21NO4/c1-17-9-11(8-15)14-7-13(16)10-4-3-5-12(6-10)18-2/h3-6,11,13-16H,7-9H2,1-2H3. The Balaban J connectivity index is 2.50. The van der Waals surface area contributed by atoms with Crippen molar-refractivity contribution in [3.63, 3.8) is 0 Å². The molecule has 0 aliphatic heterocycles. The van der Waals surface area contributed by atoms with Crippen molar-refractivity contribution in [2.45, 2.75) is 12.1 Å². The van der Waals surface area contributed by atoms with Crippen molar-refractivity contribution < 1.29 is 19.7 Å². The molecule has 3 N–H and O–H groups in total. The smallest absolute Gasteiger partial charge is 0.119 e. The van der Waals surface area contributed by atoms with Crippen LogP contribution >= 0.6 is 0 Å². The van der Waals surface area contributed by atoms with Gasteiger partial charge in [0.05, 0.1) is 32.5 Å². The number of aliphatic hydroxyl groups excluding tert-OH is 2. The molecule has 1 aromatic carbocycles. The number of aliphatic hydroxyl groups is 2. The van der Waals surface area contributed by atoms with Crippen LogP contribution in [0, 0.1) is 0 Å². The Morgan fingerprint density at radius 3 is 2.72 bits per heavy atom. The highest BCUT2D eigenvalue weighted by molar-refractivity contribution is 5.29. The first-order valence-electron chi connectivity index (χ1n) is 5.86. The van der Waals surface area contributed by atoms with Gasteiger partial charge in [0.1, 0.15) is 5.75 Å². The molecule has 1 rings (SSSR count). The maximum atomic E-state index is 10.0. The summed E-state index contributed by atoms with van der Waals surface area (Å²) in [7, 11) is 3.16. The van der Waals surface area contributed by atoms with Crippen LogP contribution in [-0.2, 0) is 4.74 Å². The van der Waals surface area contributed by atoms with Gasteiger partial charge in [0.15, 0.2) is 0 Å². The molecular weight excluding hydrogens is 234 g/mol. The van der Waals surface area contributed by atoms with Gasteiger partial charge < -0.3 is 25.0 Å². The van der Waals surface area contributed by atoms with Crippen LogP contribution in [0.4, 0.5) is 0 Å². The van der Waals surface area contributed by atoms with Crippen molar-refractivity contribution in [1.82, 2.24) is 5.32 Å². The van der Waals surface area contributed by atoms with Crippen LogP contribution in [0.1, 0.15) is 11.7 Å². The summed E-state index contributed by atoms with van der Waals surface area (Å²) in [5, 5.41) is 22.1. The largest absolute Gasteiger partial charge is 0.497 e. The Bertz CT molecular complexity index is 346. The summed E-state index contributed by atoms with van der Waals surface area (Å²) in [5.74, 6) is 0.710. The van der Waals surface area contributed by atoms with Crippen LogP contribution in [0.5, 0.6) is 5.75 Å². The second-order valence-electron chi connectivity index (χ2n) is 4.04. The van der Waals surface area contributed by atoms with Crippen LogP contribution in [-0.4, -0.2) is 50.2 Å². The maximum absolute atomic E-state index is 10.0. The summed E-state index contributed by atoms with van der Waals surface area (Å²) < 4.78 is 10.0. The monoisotopic (exact) mass is 255 g/mol. The van der Waals surface area contributed by atoms with Crippen molar-refractivity contribution >= 4 is 0 Å². The number of hydrogen-bond acceptors (Lipinski definition) is 5. The molecule has 0 bridgehead atoms. The maximum Gasteiger partial charge on any atom is 0.119 e. The lowest BCUT2D eigenvalue weighted by Gasteiger charge is -2.18. The van der Waals surface area contributed by atoms with Gasteiger partial charge in [-0.25, -0.2) is 0 Å². The second kappa shape index (κ2) is 8.05. The van der Waals surface area contributed by atoms with E-state index in [1.807, 2.05) is 18.2 Å². The van der Waals surface area contributed by atoms with E-state index in [4.69, 9.17) is 14.6 Å². The molecule has 0 saturated carbocycles. The van der Waals surface area contributed by atoms with Crippen molar-refractivity contribution in [3.8, 4) is 5.75 Å². The predicted molar refractivity (Wildman–Crippen MR) is 68.7 cm³/mol. The van der Waals surface area contributed by atoms with Crippen molar-refractivity contribution in [2.75, 3.05) is 34.0 Å². The van der Waals surface area contributed by atoms with Crippen molar-refractivity contribution in [2.24, 2.45) is 0 Å². The summed E-state index contributed by atoms with van der Waals surface area (Å²) in [6.07, 6.45) is -0.647. The average molecular weight is 255 g/mol. The Hall–Kier alpha value is -1.14. The molecule has 0 radical (unpaired) electrons. The average Bonchev–Trinajstić information content (AvgIpc) is 2.43. The van der Waals surface area contributed by atoms with Gasteiger partial charge in [-0.2, -0.15) is 0 Å². The molecule has 5 heteroatoms. The van der Waals surface area contributed by atoms with Gasteiger partial charge in [-0.05, 0) is 17.7 Å². The lowest BCUT2D eigenvalue weighted by Crippen LogP contribution is -2.38. The molecule has 2 unspecified atom stereocenters. The molecule has 18 heavy (non-hydrogen) atoms. The first-order chi connectivity index (χ1) is 8.71. The Morgan fingerprint density at radius 1 is 1.33 bits per heavy atom. The minimum Gasteiger partial charge on any atom is -0.497 e. The van der Waals surface area contributed by atoms with Gasteiger partial charge in [-0.3, -0.25) is 0 Å². The third kappa shape index (κ3) is 4.62. The molecule has 0 fully saturated rings. The van der Waals surface area contributed by atoms with Crippen molar-refractivity contribution in [1.29, 1.82) is 0 Å². The molecule has 0 heterocycles. The predicted octanol–water partition coefficient (Wildman–Crippen LogP) is 0.325. The highest BCUT2D eigenvalue weighted by Gasteiger charge is 2.12. The molecule has 1 aromatic rings. The third-order valence-electron chi connectivity index (χ3n) is 2.67. The molecule has 102 valence electrons. The topological polar surface area (TPSA) is 71.0 Å². The Labute approximate surface area is 107 Å². The van der Waals surface area contributed by atoms with Gasteiger partial charge in [-0.15, -0.1) is 0 Å². The van der Waals surface area contributed by atoms with E-state index in [0.29, 0.717) is 18.9 Å². The summed E-state index contributed by atoms with van der Waals surface area (Å²) >= 11 is 0. The zero-order valence-electron chi connectivity index (χ0n) is 10.8. The number of hydrogen-bond donors (Lipinski definition) is 3. The number of nitrogens with one attached hydrogen (secondary N) is 1. The van der Waals surface area contributed by atoms with E-state index in [0.717, 1.165) is 5.56 Å². The fourth-order valence-corrected chi connectivity index (χ4v) is 1.62.